The summed E-state index contributed by atoms with van der Waals surface area (Å²) in [6, 6.07) is 12.5. The Hall–Kier alpha value is -3.76. The summed E-state index contributed by atoms with van der Waals surface area (Å²) in [4.78, 5) is 19.8. The average molecular weight is 628 g/mol. The number of nitriles is 1. The maximum Gasteiger partial charge on any atom is 0.248 e. The number of rotatable bonds is 7. The van der Waals surface area contributed by atoms with Crippen LogP contribution in [-0.4, -0.2) is 79.3 Å². The fourth-order valence-electron chi connectivity index (χ4n) is 6.25. The van der Waals surface area contributed by atoms with Crippen molar-refractivity contribution >= 4 is 21.7 Å². The quantitative estimate of drug-likeness (QED) is 0.383. The summed E-state index contributed by atoms with van der Waals surface area (Å²) in [5.41, 5.74) is 1.65. The van der Waals surface area contributed by atoms with Crippen LogP contribution in [0, 0.1) is 23.1 Å². The number of benzene rings is 1. The van der Waals surface area contributed by atoms with Gasteiger partial charge in [-0.3, -0.25) is 13.3 Å². The minimum absolute atomic E-state index is 0.0448. The Bertz CT molecular complexity index is 1620. The molecule has 6 rings (SSSR count). The number of alkyl halides is 2. The third-order valence-corrected chi connectivity index (χ3v) is 12.5. The first-order valence-corrected chi connectivity index (χ1v) is 16.9. The SMILES string of the molecule is CN(C)[SH]1(=O)CCN(c2ccc(-c3cn(-c4ccc(F)cn4)nc3[C@@H]3CC(F)(F)CC[C@H]3C(=O)NC3(C#N)CC3)cc2)CC1. The molecule has 2 atom stereocenters. The number of anilines is 1. The van der Waals surface area contributed by atoms with E-state index in [9.17, 15) is 27.4 Å². The van der Waals surface area contributed by atoms with Crippen molar-refractivity contribution in [3.05, 3.63) is 60.3 Å². The molecule has 1 saturated heterocycles. The summed E-state index contributed by atoms with van der Waals surface area (Å²) < 4.78 is 59.9. The number of nitrogens with zero attached hydrogens (tertiary/aromatic N) is 6. The maximum atomic E-state index is 15.0. The number of nitrogens with one attached hydrogen (secondary N) is 1. The number of pyridine rings is 1. The third kappa shape index (κ3) is 5.97. The molecular weight excluding hydrogens is 591 g/mol. The van der Waals surface area contributed by atoms with Crippen LogP contribution in [0.5, 0.6) is 0 Å². The van der Waals surface area contributed by atoms with Crippen molar-refractivity contribution in [1.29, 1.82) is 5.26 Å². The Morgan fingerprint density at radius 1 is 1.11 bits per heavy atom. The van der Waals surface area contributed by atoms with E-state index in [0.717, 1.165) is 17.4 Å². The molecule has 1 N–H and O–H groups in total. The molecule has 3 heterocycles. The van der Waals surface area contributed by atoms with Crippen LogP contribution in [0.15, 0.2) is 48.8 Å². The number of thiol groups is 1. The first kappa shape index (κ1) is 30.3. The second-order valence-electron chi connectivity index (χ2n) is 12.4. The van der Waals surface area contributed by atoms with E-state index in [1.54, 1.807) is 6.20 Å². The molecule has 2 aromatic heterocycles. The number of aromatic nitrogens is 3. The Kier molecular flexibility index (Phi) is 7.78. The molecule has 0 unspecified atom stereocenters. The summed E-state index contributed by atoms with van der Waals surface area (Å²) in [5.74, 6) is -4.17. The van der Waals surface area contributed by atoms with E-state index in [1.807, 2.05) is 42.7 Å². The van der Waals surface area contributed by atoms with Crippen LogP contribution < -0.4 is 10.2 Å². The van der Waals surface area contributed by atoms with Gasteiger partial charge in [0, 0.05) is 66.7 Å². The highest BCUT2D eigenvalue weighted by atomic mass is 32.3. The van der Waals surface area contributed by atoms with Crippen LogP contribution in [0.25, 0.3) is 16.9 Å². The number of amides is 1. The zero-order valence-corrected chi connectivity index (χ0v) is 25.6. The fourth-order valence-corrected chi connectivity index (χ4v) is 8.38. The van der Waals surface area contributed by atoms with Crippen LogP contribution >= 0.6 is 0 Å². The lowest BCUT2D eigenvalue weighted by Crippen LogP contribution is -2.49. The monoisotopic (exact) mass is 627 g/mol. The van der Waals surface area contributed by atoms with Crippen molar-refractivity contribution in [2.24, 2.45) is 5.92 Å². The number of halogens is 3. The second kappa shape index (κ2) is 11.3. The molecule has 1 aromatic carbocycles. The summed E-state index contributed by atoms with van der Waals surface area (Å²) in [7, 11) is 1.36. The Balaban J connectivity index is 1.35. The van der Waals surface area contributed by atoms with Crippen molar-refractivity contribution in [2.45, 2.75) is 49.5 Å². The Morgan fingerprint density at radius 2 is 1.82 bits per heavy atom. The molecule has 1 amide bonds. The van der Waals surface area contributed by atoms with E-state index in [1.165, 1.54) is 16.8 Å². The molecule has 2 aliphatic carbocycles. The van der Waals surface area contributed by atoms with Crippen LogP contribution in [0.1, 0.15) is 43.7 Å². The smallest absolute Gasteiger partial charge is 0.248 e. The first-order chi connectivity index (χ1) is 20.9. The van der Waals surface area contributed by atoms with Crippen LogP contribution in [-0.2, 0) is 14.9 Å². The van der Waals surface area contributed by atoms with Gasteiger partial charge in [-0.25, -0.2) is 22.8 Å². The molecule has 44 heavy (non-hydrogen) atoms. The predicted octanol–water partition coefficient (Wildman–Crippen LogP) is 4.08. The zero-order chi connectivity index (χ0) is 31.3. The number of hydrogen-bond donors (Lipinski definition) is 2. The summed E-state index contributed by atoms with van der Waals surface area (Å²) in [5, 5.41) is 17.0. The number of carbonyl (C=O) groups excluding carboxylic acids is 1. The van der Waals surface area contributed by atoms with Crippen LogP contribution in [0.4, 0.5) is 18.9 Å². The highest BCUT2D eigenvalue weighted by molar-refractivity contribution is 8.00. The molecule has 0 spiro atoms. The van der Waals surface area contributed by atoms with Crippen molar-refractivity contribution < 1.29 is 22.2 Å². The lowest BCUT2D eigenvalue weighted by molar-refractivity contribution is -0.131. The summed E-state index contributed by atoms with van der Waals surface area (Å²) in [6.07, 6.45) is 2.77. The molecule has 3 fully saturated rings. The van der Waals surface area contributed by atoms with Gasteiger partial charge in [0.2, 0.25) is 11.8 Å². The van der Waals surface area contributed by atoms with Gasteiger partial charge in [-0.05, 0) is 63.2 Å². The molecule has 13 heteroatoms. The summed E-state index contributed by atoms with van der Waals surface area (Å²) >= 11 is 0. The van der Waals surface area contributed by atoms with Gasteiger partial charge in [-0.2, -0.15) is 10.4 Å². The van der Waals surface area contributed by atoms with Gasteiger partial charge in [0.1, 0.15) is 11.4 Å². The minimum atomic E-state index is -2.99. The number of hydrogen-bond acceptors (Lipinski definition) is 6. The van der Waals surface area contributed by atoms with Crippen molar-refractivity contribution in [3.8, 4) is 23.0 Å². The highest BCUT2D eigenvalue weighted by Gasteiger charge is 2.50. The van der Waals surface area contributed by atoms with Gasteiger partial charge in [-0.15, -0.1) is 0 Å². The normalized spacial score (nSPS) is 24.3. The number of carbonyl (C=O) groups is 1. The van der Waals surface area contributed by atoms with E-state index >= 15 is 0 Å². The average Bonchev–Trinajstić information content (AvgIpc) is 3.63. The van der Waals surface area contributed by atoms with Gasteiger partial charge < -0.3 is 10.2 Å². The summed E-state index contributed by atoms with van der Waals surface area (Å²) in [6.45, 7) is 1.32. The molecule has 1 aliphatic heterocycles. The molecule has 3 aliphatic rings. The second-order valence-corrected chi connectivity index (χ2v) is 15.8. The van der Waals surface area contributed by atoms with E-state index in [2.05, 4.69) is 21.3 Å². The van der Waals surface area contributed by atoms with Crippen LogP contribution in [0.3, 0.4) is 0 Å². The first-order valence-electron chi connectivity index (χ1n) is 14.8. The third-order valence-electron chi connectivity index (χ3n) is 9.24. The van der Waals surface area contributed by atoms with E-state index in [0.29, 0.717) is 54.5 Å². The van der Waals surface area contributed by atoms with E-state index in [4.69, 9.17) is 5.10 Å². The van der Waals surface area contributed by atoms with Gasteiger partial charge in [0.15, 0.2) is 5.82 Å². The van der Waals surface area contributed by atoms with Crippen molar-refractivity contribution in [3.63, 3.8) is 0 Å². The molecule has 0 bridgehead atoms. The fraction of sp³-hybridized carbons (Fsp3) is 0.484. The Labute approximate surface area is 255 Å². The molecule has 2 saturated carbocycles. The zero-order valence-electron chi connectivity index (χ0n) is 24.7. The molecule has 9 nitrogen and oxygen atoms in total. The predicted molar refractivity (Wildman–Crippen MR) is 163 cm³/mol. The lowest BCUT2D eigenvalue weighted by Gasteiger charge is -2.40. The molecule has 234 valence electrons. The lowest BCUT2D eigenvalue weighted by atomic mass is 9.74. The van der Waals surface area contributed by atoms with E-state index in [-0.39, 0.29) is 6.42 Å². The highest BCUT2D eigenvalue weighted by Crippen LogP contribution is 2.48. The maximum absolute atomic E-state index is 15.0. The minimum Gasteiger partial charge on any atom is -0.370 e. The molecule has 0 radical (unpaired) electrons. The van der Waals surface area contributed by atoms with Gasteiger partial charge >= 0.3 is 0 Å². The topological polar surface area (TPSA) is 107 Å². The molecule has 3 aromatic rings. The molecular formula is C31H36F3N7O2S. The standard InChI is InChI=1S/C31H36F3N7O2S/c1-39(2)44(43)15-13-40(14-16-44)23-6-3-21(4-7-23)26-19-41(27-8-5-22(32)18-36-27)38-28(26)25-17-31(33,34)10-9-24(25)29(42)37-30(20-35)11-12-30/h3-8,18-19,24-25,44H,9-17H2,1-2H3,(H,37,42)/t24-,25-/m1/s1. The largest absolute Gasteiger partial charge is 0.370 e. The van der Waals surface area contributed by atoms with Crippen molar-refractivity contribution in [1.82, 2.24) is 24.4 Å². The van der Waals surface area contributed by atoms with E-state index < -0.39 is 58.0 Å². The van der Waals surface area contributed by atoms with Gasteiger partial charge in [-0.1, -0.05) is 22.3 Å². The van der Waals surface area contributed by atoms with Crippen molar-refractivity contribution in [2.75, 3.05) is 43.6 Å². The van der Waals surface area contributed by atoms with Crippen LogP contribution in [0.2, 0.25) is 0 Å². The Morgan fingerprint density at radius 3 is 2.41 bits per heavy atom. The van der Waals surface area contributed by atoms with Gasteiger partial charge in [0.05, 0.1) is 18.0 Å². The van der Waals surface area contributed by atoms with Gasteiger partial charge in [0.25, 0.3) is 0 Å².